The van der Waals surface area contributed by atoms with Crippen LogP contribution in [0.4, 0.5) is 5.69 Å². The van der Waals surface area contributed by atoms with Gasteiger partial charge in [0.2, 0.25) is 15.9 Å². The molecular weight excluding hydrogens is 324 g/mol. The molecule has 0 saturated heterocycles. The molecule has 1 amide bonds. The summed E-state index contributed by atoms with van der Waals surface area (Å²) in [7, 11) is -3.55. The lowest BCUT2D eigenvalue weighted by Gasteiger charge is -2.07. The van der Waals surface area contributed by atoms with E-state index in [1.165, 1.54) is 11.1 Å². The average molecular weight is 344 g/mol. The SMILES string of the molecule is Cc1cccc([C@H]2C[C@H]2C(=O)Nc2ccc(CS(N)(=O)=O)cc2)c1. The minimum atomic E-state index is -3.55. The molecule has 2 aromatic carbocycles. The molecule has 0 unspecified atom stereocenters. The molecule has 0 spiro atoms. The number of sulfonamides is 1. The van der Waals surface area contributed by atoms with Gasteiger partial charge in [0, 0.05) is 11.6 Å². The van der Waals surface area contributed by atoms with Gasteiger partial charge >= 0.3 is 0 Å². The molecule has 0 bridgehead atoms. The van der Waals surface area contributed by atoms with Crippen LogP contribution in [0.25, 0.3) is 0 Å². The quantitative estimate of drug-likeness (QED) is 0.873. The molecule has 3 rings (SSSR count). The Balaban J connectivity index is 1.60. The molecule has 5 nitrogen and oxygen atoms in total. The van der Waals surface area contributed by atoms with E-state index in [1.54, 1.807) is 24.3 Å². The maximum absolute atomic E-state index is 12.3. The zero-order valence-corrected chi connectivity index (χ0v) is 14.2. The molecule has 2 aromatic rings. The summed E-state index contributed by atoms with van der Waals surface area (Å²) < 4.78 is 22.1. The molecule has 1 fully saturated rings. The Hall–Kier alpha value is -2.18. The van der Waals surface area contributed by atoms with Gasteiger partial charge in [0.25, 0.3) is 0 Å². The third-order valence-corrected chi connectivity index (χ3v) is 4.92. The van der Waals surface area contributed by atoms with E-state index in [-0.39, 0.29) is 23.5 Å². The van der Waals surface area contributed by atoms with Crippen LogP contribution < -0.4 is 10.5 Å². The third kappa shape index (κ3) is 4.21. The van der Waals surface area contributed by atoms with E-state index < -0.39 is 10.0 Å². The number of rotatable bonds is 5. The van der Waals surface area contributed by atoms with Crippen molar-refractivity contribution in [3.8, 4) is 0 Å². The Morgan fingerprint density at radius 1 is 1.21 bits per heavy atom. The molecule has 1 aliphatic carbocycles. The van der Waals surface area contributed by atoms with E-state index in [9.17, 15) is 13.2 Å². The molecule has 0 aliphatic heterocycles. The highest BCUT2D eigenvalue weighted by Gasteiger charge is 2.43. The smallest absolute Gasteiger partial charge is 0.228 e. The van der Waals surface area contributed by atoms with Crippen LogP contribution in [-0.4, -0.2) is 14.3 Å². The van der Waals surface area contributed by atoms with Crippen LogP contribution >= 0.6 is 0 Å². The van der Waals surface area contributed by atoms with Crippen molar-refractivity contribution >= 4 is 21.6 Å². The van der Waals surface area contributed by atoms with E-state index in [4.69, 9.17) is 5.14 Å². The largest absolute Gasteiger partial charge is 0.326 e. The lowest BCUT2D eigenvalue weighted by atomic mass is 10.1. The Morgan fingerprint density at radius 3 is 2.54 bits per heavy atom. The van der Waals surface area contributed by atoms with E-state index in [2.05, 4.69) is 17.4 Å². The highest BCUT2D eigenvalue weighted by molar-refractivity contribution is 7.88. The highest BCUT2D eigenvalue weighted by Crippen LogP contribution is 2.48. The van der Waals surface area contributed by atoms with E-state index in [0.717, 1.165) is 6.42 Å². The lowest BCUT2D eigenvalue weighted by Crippen LogP contribution is -2.15. The van der Waals surface area contributed by atoms with Gasteiger partial charge in [-0.1, -0.05) is 42.0 Å². The van der Waals surface area contributed by atoms with Gasteiger partial charge in [-0.15, -0.1) is 0 Å². The van der Waals surface area contributed by atoms with Gasteiger partial charge in [-0.25, -0.2) is 13.6 Å². The Kier molecular flexibility index (Phi) is 4.43. The fourth-order valence-electron chi connectivity index (χ4n) is 2.91. The predicted molar refractivity (Wildman–Crippen MR) is 93.9 cm³/mol. The second-order valence-electron chi connectivity index (χ2n) is 6.36. The van der Waals surface area contributed by atoms with Gasteiger partial charge in [0.05, 0.1) is 5.75 Å². The zero-order chi connectivity index (χ0) is 17.3. The molecular formula is C18H20N2O3S. The maximum atomic E-state index is 12.3. The summed E-state index contributed by atoms with van der Waals surface area (Å²) in [5.41, 5.74) is 3.66. The Morgan fingerprint density at radius 2 is 1.92 bits per heavy atom. The first-order valence-corrected chi connectivity index (χ1v) is 9.50. The number of carbonyl (C=O) groups excluding carboxylic acids is 1. The third-order valence-electron chi connectivity index (χ3n) is 4.19. The number of carbonyl (C=O) groups is 1. The second kappa shape index (κ2) is 6.37. The van der Waals surface area contributed by atoms with Crippen molar-refractivity contribution in [2.24, 2.45) is 11.1 Å². The fraction of sp³-hybridized carbons (Fsp3) is 0.278. The molecule has 126 valence electrons. The molecule has 24 heavy (non-hydrogen) atoms. The summed E-state index contributed by atoms with van der Waals surface area (Å²) in [6, 6.07) is 15.0. The zero-order valence-electron chi connectivity index (χ0n) is 13.4. The van der Waals surface area contributed by atoms with Crippen LogP contribution in [0, 0.1) is 12.8 Å². The first-order valence-electron chi connectivity index (χ1n) is 7.79. The van der Waals surface area contributed by atoms with Gasteiger partial charge < -0.3 is 5.32 Å². The maximum Gasteiger partial charge on any atom is 0.228 e. The van der Waals surface area contributed by atoms with Crippen molar-refractivity contribution in [1.29, 1.82) is 0 Å². The van der Waals surface area contributed by atoms with Gasteiger partial charge in [-0.3, -0.25) is 4.79 Å². The monoisotopic (exact) mass is 344 g/mol. The van der Waals surface area contributed by atoms with Crippen LogP contribution in [-0.2, 0) is 20.6 Å². The summed E-state index contributed by atoms with van der Waals surface area (Å²) in [5, 5.41) is 7.91. The van der Waals surface area contributed by atoms with Gasteiger partial charge in [0.1, 0.15) is 0 Å². The van der Waals surface area contributed by atoms with Gasteiger partial charge in [0.15, 0.2) is 0 Å². The number of anilines is 1. The molecule has 0 radical (unpaired) electrons. The van der Waals surface area contributed by atoms with Crippen molar-refractivity contribution in [3.05, 3.63) is 65.2 Å². The van der Waals surface area contributed by atoms with Crippen molar-refractivity contribution in [2.45, 2.75) is 25.0 Å². The molecule has 2 atom stereocenters. The fourth-order valence-corrected chi connectivity index (χ4v) is 3.56. The Bertz CT molecular complexity index is 860. The van der Waals surface area contributed by atoms with Crippen LogP contribution in [0.1, 0.15) is 29.0 Å². The summed E-state index contributed by atoms with van der Waals surface area (Å²) in [6.45, 7) is 2.05. The van der Waals surface area contributed by atoms with Crippen LogP contribution in [0.5, 0.6) is 0 Å². The molecule has 3 N–H and O–H groups in total. The number of nitrogens with one attached hydrogen (secondary N) is 1. The summed E-state index contributed by atoms with van der Waals surface area (Å²) in [5.74, 6) is 0.0717. The minimum absolute atomic E-state index is 0.000650. The number of benzene rings is 2. The molecule has 0 aromatic heterocycles. The number of primary sulfonamides is 1. The number of aryl methyl sites for hydroxylation is 1. The van der Waals surface area contributed by atoms with Crippen LogP contribution in [0.3, 0.4) is 0 Å². The van der Waals surface area contributed by atoms with Crippen molar-refractivity contribution in [2.75, 3.05) is 5.32 Å². The number of amides is 1. The van der Waals surface area contributed by atoms with Crippen molar-refractivity contribution in [1.82, 2.24) is 0 Å². The number of hydrogen-bond acceptors (Lipinski definition) is 3. The van der Waals surface area contributed by atoms with Crippen LogP contribution in [0.2, 0.25) is 0 Å². The molecule has 1 saturated carbocycles. The topological polar surface area (TPSA) is 89.3 Å². The summed E-state index contributed by atoms with van der Waals surface area (Å²) in [6.07, 6.45) is 0.860. The average Bonchev–Trinajstić information content (AvgIpc) is 3.28. The first kappa shape index (κ1) is 16.7. The summed E-state index contributed by atoms with van der Waals surface area (Å²) >= 11 is 0. The molecule has 1 aliphatic rings. The van der Waals surface area contributed by atoms with E-state index in [1.807, 2.05) is 19.1 Å². The van der Waals surface area contributed by atoms with Gasteiger partial charge in [-0.05, 0) is 42.5 Å². The Labute approximate surface area is 141 Å². The minimum Gasteiger partial charge on any atom is -0.326 e. The van der Waals surface area contributed by atoms with E-state index in [0.29, 0.717) is 11.3 Å². The number of nitrogens with two attached hydrogens (primary N) is 1. The highest BCUT2D eigenvalue weighted by atomic mass is 32.2. The second-order valence-corrected chi connectivity index (χ2v) is 7.97. The summed E-state index contributed by atoms with van der Waals surface area (Å²) in [4.78, 5) is 12.3. The lowest BCUT2D eigenvalue weighted by molar-refractivity contribution is -0.117. The van der Waals surface area contributed by atoms with E-state index >= 15 is 0 Å². The number of hydrogen-bond donors (Lipinski definition) is 2. The normalized spacial score (nSPS) is 19.8. The van der Waals surface area contributed by atoms with Crippen molar-refractivity contribution in [3.63, 3.8) is 0 Å². The first-order chi connectivity index (χ1) is 11.3. The standard InChI is InChI=1S/C18H20N2O3S/c1-12-3-2-4-14(9-12)16-10-17(16)18(21)20-15-7-5-13(6-8-15)11-24(19,22)23/h2-9,16-17H,10-11H2,1H3,(H,20,21)(H2,19,22,23)/t16-,17-/m1/s1. The van der Waals surface area contributed by atoms with Crippen LogP contribution in [0.15, 0.2) is 48.5 Å². The molecule has 6 heteroatoms. The predicted octanol–water partition coefficient (Wildman–Crippen LogP) is 2.53. The van der Waals surface area contributed by atoms with Crippen molar-refractivity contribution < 1.29 is 13.2 Å². The molecule has 0 heterocycles. The van der Waals surface area contributed by atoms with Gasteiger partial charge in [-0.2, -0.15) is 0 Å².